The molecular weight excluding hydrogens is 386 g/mol. The molecule has 2 unspecified atom stereocenters. The number of pyridine rings is 1. The maximum absolute atomic E-state index is 12.9. The number of hydrogen-bond acceptors (Lipinski definition) is 4. The Bertz CT molecular complexity index is 1030. The van der Waals surface area contributed by atoms with Crippen LogP contribution in [0.15, 0.2) is 54.4 Å². The van der Waals surface area contributed by atoms with Crippen molar-refractivity contribution in [1.29, 1.82) is 5.41 Å². The van der Waals surface area contributed by atoms with E-state index in [2.05, 4.69) is 35.7 Å². The minimum atomic E-state index is 0.212. The van der Waals surface area contributed by atoms with Crippen LogP contribution >= 0.6 is 0 Å². The molecule has 2 aromatic rings. The Balaban J connectivity index is 1.70. The van der Waals surface area contributed by atoms with E-state index in [0.29, 0.717) is 23.6 Å². The Morgan fingerprint density at radius 2 is 2.16 bits per heavy atom. The fourth-order valence-electron chi connectivity index (χ4n) is 4.45. The van der Waals surface area contributed by atoms with Crippen molar-refractivity contribution in [2.45, 2.75) is 52.6 Å². The lowest BCUT2D eigenvalue weighted by atomic mass is 10.1. The predicted molar refractivity (Wildman–Crippen MR) is 128 cm³/mol. The molecule has 3 heterocycles. The number of allylic oxidation sites excluding steroid dienone is 4. The third-order valence-corrected chi connectivity index (χ3v) is 5.89. The van der Waals surface area contributed by atoms with Crippen molar-refractivity contribution in [2.24, 2.45) is 11.7 Å². The van der Waals surface area contributed by atoms with Crippen molar-refractivity contribution >= 4 is 28.7 Å². The van der Waals surface area contributed by atoms with Crippen molar-refractivity contribution in [2.75, 3.05) is 6.54 Å². The predicted octanol–water partition coefficient (Wildman–Crippen LogP) is 4.53. The van der Waals surface area contributed by atoms with Crippen LogP contribution in [-0.2, 0) is 11.3 Å². The van der Waals surface area contributed by atoms with Gasteiger partial charge in [0.25, 0.3) is 0 Å². The standard InChI is InChI=1S/C25H33N5O/c1-4-6-19(7-5-2)13-25(31)30-17-20(12-18(30)3)16-29-11-10-23-24(29)9-8-22(28-23)21(14-26)15-27/h4,6-11,14-15,18,20,26H,5,12-13,16-17,27H2,1-3H3/b6-4-,19-7+,21-15+,26-14?. The van der Waals surface area contributed by atoms with Crippen LogP contribution in [0.3, 0.4) is 0 Å². The summed E-state index contributed by atoms with van der Waals surface area (Å²) in [7, 11) is 0. The van der Waals surface area contributed by atoms with Crippen LogP contribution in [0.5, 0.6) is 0 Å². The van der Waals surface area contributed by atoms with Gasteiger partial charge in [-0.25, -0.2) is 4.98 Å². The number of nitrogens with zero attached hydrogens (tertiary/aromatic N) is 3. The largest absolute Gasteiger partial charge is 0.404 e. The van der Waals surface area contributed by atoms with Crippen molar-refractivity contribution in [3.05, 3.63) is 60.1 Å². The third kappa shape index (κ3) is 5.13. The summed E-state index contributed by atoms with van der Waals surface area (Å²) in [5.41, 5.74) is 9.93. The summed E-state index contributed by atoms with van der Waals surface area (Å²) in [5, 5.41) is 7.46. The Morgan fingerprint density at radius 1 is 1.35 bits per heavy atom. The van der Waals surface area contributed by atoms with Gasteiger partial charge in [-0.05, 0) is 56.4 Å². The fraction of sp³-hybridized carbons (Fsp3) is 0.400. The number of aromatic nitrogens is 2. The number of hydrogen-bond donors (Lipinski definition) is 2. The molecule has 164 valence electrons. The SMILES string of the molecule is C/C=C\C(=C/CC)CC(=O)N1CC(Cn2ccc3nc(/C(C=N)=C/N)ccc32)CC1C. The second kappa shape index (κ2) is 10.2. The number of likely N-dealkylation sites (tertiary alicyclic amines) is 1. The van der Waals surface area contributed by atoms with Gasteiger partial charge >= 0.3 is 0 Å². The second-order valence-corrected chi connectivity index (χ2v) is 8.20. The van der Waals surface area contributed by atoms with E-state index in [1.165, 1.54) is 12.4 Å². The van der Waals surface area contributed by atoms with E-state index in [-0.39, 0.29) is 11.9 Å². The first kappa shape index (κ1) is 22.5. The lowest BCUT2D eigenvalue weighted by Crippen LogP contribution is -2.34. The van der Waals surface area contributed by atoms with Crippen LogP contribution < -0.4 is 5.73 Å². The second-order valence-electron chi connectivity index (χ2n) is 8.20. The van der Waals surface area contributed by atoms with Gasteiger partial charge in [-0.15, -0.1) is 0 Å². The first-order valence-electron chi connectivity index (χ1n) is 11.0. The quantitative estimate of drug-likeness (QED) is 0.487. The Hall–Kier alpha value is -3.15. The summed E-state index contributed by atoms with van der Waals surface area (Å²) in [6.45, 7) is 7.88. The number of fused-ring (bicyclic) bond motifs is 1. The lowest BCUT2D eigenvalue weighted by molar-refractivity contribution is -0.131. The van der Waals surface area contributed by atoms with Crippen LogP contribution in [0.4, 0.5) is 0 Å². The van der Waals surface area contributed by atoms with E-state index in [1.54, 1.807) is 0 Å². The summed E-state index contributed by atoms with van der Waals surface area (Å²) >= 11 is 0. The molecule has 1 fully saturated rings. The summed E-state index contributed by atoms with van der Waals surface area (Å²) in [6.07, 6.45) is 13.2. The van der Waals surface area contributed by atoms with E-state index in [1.807, 2.05) is 42.2 Å². The first-order chi connectivity index (χ1) is 15.0. The van der Waals surface area contributed by atoms with E-state index >= 15 is 0 Å². The maximum Gasteiger partial charge on any atom is 0.227 e. The normalized spacial score (nSPS) is 20.2. The Kier molecular flexibility index (Phi) is 7.45. The van der Waals surface area contributed by atoms with Crippen molar-refractivity contribution in [3.63, 3.8) is 0 Å². The van der Waals surface area contributed by atoms with Gasteiger partial charge in [0, 0.05) is 43.3 Å². The highest BCUT2D eigenvalue weighted by molar-refractivity contribution is 6.07. The summed E-state index contributed by atoms with van der Waals surface area (Å²) in [4.78, 5) is 19.6. The highest BCUT2D eigenvalue weighted by atomic mass is 16.2. The van der Waals surface area contributed by atoms with Crippen molar-refractivity contribution in [1.82, 2.24) is 14.5 Å². The van der Waals surface area contributed by atoms with E-state index in [0.717, 1.165) is 42.5 Å². The van der Waals surface area contributed by atoms with Crippen molar-refractivity contribution in [3.8, 4) is 0 Å². The van der Waals surface area contributed by atoms with Gasteiger partial charge in [0.15, 0.2) is 0 Å². The number of nitrogens with two attached hydrogens (primary N) is 1. The molecule has 0 aromatic carbocycles. The molecule has 6 nitrogen and oxygen atoms in total. The molecule has 1 aliphatic rings. The van der Waals surface area contributed by atoms with E-state index < -0.39 is 0 Å². The fourth-order valence-corrected chi connectivity index (χ4v) is 4.45. The number of nitrogens with one attached hydrogen (secondary N) is 1. The molecule has 0 aliphatic carbocycles. The van der Waals surface area contributed by atoms with Gasteiger partial charge in [-0.3, -0.25) is 4.79 Å². The van der Waals surface area contributed by atoms with E-state index in [4.69, 9.17) is 11.1 Å². The Morgan fingerprint density at radius 3 is 2.84 bits per heavy atom. The lowest BCUT2D eigenvalue weighted by Gasteiger charge is -2.22. The van der Waals surface area contributed by atoms with E-state index in [9.17, 15) is 4.79 Å². The Labute approximate surface area is 184 Å². The van der Waals surface area contributed by atoms with Crippen LogP contribution in [0, 0.1) is 11.3 Å². The number of rotatable bonds is 8. The zero-order valence-corrected chi connectivity index (χ0v) is 18.7. The van der Waals surface area contributed by atoms with Gasteiger partial charge in [-0.2, -0.15) is 0 Å². The number of amides is 1. The third-order valence-electron chi connectivity index (χ3n) is 5.89. The van der Waals surface area contributed by atoms with Gasteiger partial charge in [0.2, 0.25) is 5.91 Å². The van der Waals surface area contributed by atoms with Gasteiger partial charge in [0.1, 0.15) is 0 Å². The summed E-state index contributed by atoms with van der Waals surface area (Å²) in [5.74, 6) is 0.625. The molecule has 0 spiro atoms. The molecule has 31 heavy (non-hydrogen) atoms. The summed E-state index contributed by atoms with van der Waals surface area (Å²) < 4.78 is 2.22. The molecule has 1 amide bonds. The zero-order valence-electron chi connectivity index (χ0n) is 18.7. The monoisotopic (exact) mass is 419 g/mol. The molecule has 1 aliphatic heterocycles. The molecule has 1 saturated heterocycles. The molecule has 0 saturated carbocycles. The first-order valence-corrected chi connectivity index (χ1v) is 11.0. The van der Waals surface area contributed by atoms with Crippen LogP contribution in [0.25, 0.3) is 16.6 Å². The molecule has 2 aromatic heterocycles. The van der Waals surface area contributed by atoms with Crippen LogP contribution in [0.1, 0.15) is 45.7 Å². The average Bonchev–Trinajstić information content (AvgIpc) is 3.32. The minimum absolute atomic E-state index is 0.212. The van der Waals surface area contributed by atoms with Crippen LogP contribution in [-0.4, -0.2) is 39.2 Å². The number of carbonyl (C=O) groups is 1. The molecule has 0 bridgehead atoms. The molecule has 3 rings (SSSR count). The molecule has 3 N–H and O–H groups in total. The average molecular weight is 420 g/mol. The number of carbonyl (C=O) groups excluding carboxylic acids is 1. The highest BCUT2D eigenvalue weighted by Crippen LogP contribution is 2.28. The summed E-state index contributed by atoms with van der Waals surface area (Å²) in [6, 6.07) is 6.18. The van der Waals surface area contributed by atoms with Gasteiger partial charge < -0.3 is 20.6 Å². The van der Waals surface area contributed by atoms with Crippen LogP contribution in [0.2, 0.25) is 0 Å². The highest BCUT2D eigenvalue weighted by Gasteiger charge is 2.32. The zero-order chi connectivity index (χ0) is 22.4. The van der Waals surface area contributed by atoms with Gasteiger partial charge in [-0.1, -0.05) is 25.2 Å². The topological polar surface area (TPSA) is 88.0 Å². The van der Waals surface area contributed by atoms with Crippen molar-refractivity contribution < 1.29 is 4.79 Å². The molecule has 2 atom stereocenters. The smallest absolute Gasteiger partial charge is 0.227 e. The molecule has 6 heteroatoms. The minimum Gasteiger partial charge on any atom is -0.404 e. The molecule has 0 radical (unpaired) electrons. The maximum atomic E-state index is 12.9. The van der Waals surface area contributed by atoms with Gasteiger partial charge in [0.05, 0.1) is 23.1 Å². The molecular formula is C25H33N5O.